The topological polar surface area (TPSA) is 17.8 Å². The molecule has 0 fully saturated rings. The van der Waals surface area contributed by atoms with Gasteiger partial charge in [0.15, 0.2) is 0 Å². The van der Waals surface area contributed by atoms with Gasteiger partial charge in [-0.2, -0.15) is 0 Å². The van der Waals surface area contributed by atoms with Crippen LogP contribution in [0, 0.1) is 0 Å². The highest BCUT2D eigenvalue weighted by Gasteiger charge is 2.15. The first-order valence-corrected chi connectivity index (χ1v) is 18.2. The number of para-hydroxylation sites is 2. The van der Waals surface area contributed by atoms with Crippen LogP contribution in [0.4, 0.5) is 0 Å². The number of fused-ring (bicyclic) bond motifs is 6. The van der Waals surface area contributed by atoms with E-state index in [1.807, 2.05) is 12.1 Å². The van der Waals surface area contributed by atoms with E-state index in [4.69, 9.17) is 4.98 Å². The van der Waals surface area contributed by atoms with Crippen molar-refractivity contribution in [2.45, 2.75) is 0 Å². The van der Waals surface area contributed by atoms with Crippen molar-refractivity contribution in [3.8, 4) is 39.3 Å². The van der Waals surface area contributed by atoms with Gasteiger partial charge in [-0.1, -0.05) is 164 Å². The van der Waals surface area contributed by atoms with E-state index < -0.39 is 0 Å². The Bertz CT molecular complexity index is 3190. The highest BCUT2D eigenvalue weighted by molar-refractivity contribution is 6.32. The first kappa shape index (κ1) is 29.7. The maximum Gasteiger partial charge on any atom is 0.145 e. The van der Waals surface area contributed by atoms with Crippen molar-refractivity contribution in [3.05, 3.63) is 194 Å². The van der Waals surface area contributed by atoms with Gasteiger partial charge in [0.25, 0.3) is 0 Å². The Labute approximate surface area is 306 Å². The smallest absolute Gasteiger partial charge is 0.145 e. The summed E-state index contributed by atoms with van der Waals surface area (Å²) >= 11 is 0. The van der Waals surface area contributed by atoms with Crippen LogP contribution in [0.25, 0.3) is 104 Å². The lowest BCUT2D eigenvalue weighted by atomic mass is 9.89. The molecule has 53 heavy (non-hydrogen) atoms. The summed E-state index contributed by atoms with van der Waals surface area (Å²) in [5.74, 6) is 0.945. The van der Waals surface area contributed by atoms with Crippen molar-refractivity contribution in [2.24, 2.45) is 0 Å². The van der Waals surface area contributed by atoms with Gasteiger partial charge in [0.05, 0.1) is 11.0 Å². The summed E-state index contributed by atoms with van der Waals surface area (Å²) < 4.78 is 2.26. The average molecular weight is 673 g/mol. The number of aromatic nitrogens is 2. The summed E-state index contributed by atoms with van der Waals surface area (Å²) in [5, 5.41) is 12.9. The van der Waals surface area contributed by atoms with Crippen LogP contribution in [0.1, 0.15) is 0 Å². The molecule has 246 valence electrons. The fourth-order valence-corrected chi connectivity index (χ4v) is 8.47. The van der Waals surface area contributed by atoms with Gasteiger partial charge in [0.1, 0.15) is 5.82 Å². The standard InChI is InChI=1S/C51H32N2/c1-2-10-38(11-3-1)51-52-47-18-6-7-19-48(47)53(51)40-29-26-34(27-30-40)33-20-22-35(23-21-33)39-28-31-43-45-17-9-13-37-25-24-36-12-8-16-44(49(36)50(37)45)41-14-4-5-15-42(41)46(43)32-39/h1-32H. The zero-order chi connectivity index (χ0) is 34.9. The summed E-state index contributed by atoms with van der Waals surface area (Å²) in [6.07, 6.45) is 0. The van der Waals surface area contributed by atoms with Gasteiger partial charge in [-0.3, -0.25) is 4.57 Å². The number of benzene rings is 9. The second-order valence-corrected chi connectivity index (χ2v) is 13.9. The molecule has 1 heterocycles. The van der Waals surface area contributed by atoms with Crippen LogP contribution in [0.3, 0.4) is 0 Å². The molecule has 2 nitrogen and oxygen atoms in total. The van der Waals surface area contributed by atoms with Gasteiger partial charge in [0.2, 0.25) is 0 Å². The normalized spacial score (nSPS) is 11.8. The second-order valence-electron chi connectivity index (χ2n) is 13.9. The van der Waals surface area contributed by atoms with Crippen LogP contribution in [-0.2, 0) is 0 Å². The van der Waals surface area contributed by atoms with E-state index in [9.17, 15) is 0 Å². The minimum atomic E-state index is 0.945. The van der Waals surface area contributed by atoms with Crippen LogP contribution in [0.5, 0.6) is 0 Å². The monoisotopic (exact) mass is 672 g/mol. The lowest BCUT2D eigenvalue weighted by molar-refractivity contribution is 1.10. The number of imidazole rings is 1. The molecule has 0 spiro atoms. The van der Waals surface area contributed by atoms with Crippen molar-refractivity contribution in [1.29, 1.82) is 0 Å². The molecular formula is C51H32N2. The molecule has 10 aromatic carbocycles. The summed E-state index contributed by atoms with van der Waals surface area (Å²) in [5.41, 5.74) is 9.05. The highest BCUT2D eigenvalue weighted by atomic mass is 15.1. The Hall–Kier alpha value is -7.03. The Morgan fingerprint density at radius 2 is 0.830 bits per heavy atom. The number of nitrogens with zero attached hydrogens (tertiary/aromatic N) is 2. The predicted octanol–water partition coefficient (Wildman–Crippen LogP) is 13.8. The third kappa shape index (κ3) is 4.70. The second kappa shape index (κ2) is 11.8. The van der Waals surface area contributed by atoms with Gasteiger partial charge in [0, 0.05) is 11.3 Å². The molecular weight excluding hydrogens is 641 g/mol. The molecule has 0 atom stereocenters. The van der Waals surface area contributed by atoms with E-state index in [-0.39, 0.29) is 0 Å². The molecule has 0 amide bonds. The summed E-state index contributed by atoms with van der Waals surface area (Å²) in [6.45, 7) is 0. The molecule has 1 aromatic heterocycles. The average Bonchev–Trinajstić information content (AvgIpc) is 3.63. The molecule has 0 aliphatic carbocycles. The molecule has 11 rings (SSSR count). The first-order valence-electron chi connectivity index (χ1n) is 18.2. The third-order valence-corrected chi connectivity index (χ3v) is 11.0. The van der Waals surface area contributed by atoms with Gasteiger partial charge >= 0.3 is 0 Å². The quantitative estimate of drug-likeness (QED) is 0.170. The van der Waals surface area contributed by atoms with Gasteiger partial charge < -0.3 is 0 Å². The zero-order valence-electron chi connectivity index (χ0n) is 28.9. The van der Waals surface area contributed by atoms with E-state index >= 15 is 0 Å². The van der Waals surface area contributed by atoms with Crippen molar-refractivity contribution in [2.75, 3.05) is 0 Å². The third-order valence-electron chi connectivity index (χ3n) is 11.0. The summed E-state index contributed by atoms with van der Waals surface area (Å²) in [4.78, 5) is 5.02. The fourth-order valence-electron chi connectivity index (χ4n) is 8.47. The molecule has 0 unspecified atom stereocenters. The van der Waals surface area contributed by atoms with E-state index in [2.05, 4.69) is 187 Å². The Morgan fingerprint density at radius 3 is 1.51 bits per heavy atom. The zero-order valence-corrected chi connectivity index (χ0v) is 28.9. The Kier molecular flexibility index (Phi) is 6.59. The van der Waals surface area contributed by atoms with Crippen LogP contribution < -0.4 is 0 Å². The van der Waals surface area contributed by atoms with Crippen molar-refractivity contribution in [1.82, 2.24) is 9.55 Å². The maximum atomic E-state index is 5.02. The molecule has 11 aromatic rings. The predicted molar refractivity (Wildman–Crippen MR) is 225 cm³/mol. The Morgan fingerprint density at radius 1 is 0.321 bits per heavy atom. The lowest BCUT2D eigenvalue weighted by Crippen LogP contribution is -1.97. The number of rotatable bonds is 4. The van der Waals surface area contributed by atoms with Crippen LogP contribution in [0.2, 0.25) is 0 Å². The first-order chi connectivity index (χ1) is 26.3. The summed E-state index contributed by atoms with van der Waals surface area (Å²) in [6, 6.07) is 70.5. The van der Waals surface area contributed by atoms with E-state index in [1.54, 1.807) is 0 Å². The van der Waals surface area contributed by atoms with Gasteiger partial charge in [-0.25, -0.2) is 4.98 Å². The van der Waals surface area contributed by atoms with Gasteiger partial charge in [-0.15, -0.1) is 0 Å². The molecule has 0 bridgehead atoms. The molecule has 0 saturated heterocycles. The fraction of sp³-hybridized carbons (Fsp3) is 0. The van der Waals surface area contributed by atoms with Crippen LogP contribution >= 0.6 is 0 Å². The van der Waals surface area contributed by atoms with E-state index in [1.165, 1.54) is 76.1 Å². The van der Waals surface area contributed by atoms with Crippen molar-refractivity contribution in [3.63, 3.8) is 0 Å². The van der Waals surface area contributed by atoms with E-state index in [0.717, 1.165) is 28.1 Å². The van der Waals surface area contributed by atoms with Crippen LogP contribution in [-0.4, -0.2) is 9.55 Å². The minimum absolute atomic E-state index is 0.945. The molecule has 0 N–H and O–H groups in total. The molecule has 2 heteroatoms. The number of hydrogen-bond donors (Lipinski definition) is 0. The minimum Gasteiger partial charge on any atom is -0.292 e. The molecule has 0 radical (unpaired) electrons. The van der Waals surface area contributed by atoms with Gasteiger partial charge in [-0.05, 0) is 106 Å². The molecule has 0 aliphatic heterocycles. The molecule has 0 aliphatic rings. The number of hydrogen-bond acceptors (Lipinski definition) is 1. The SMILES string of the molecule is c1ccc(-c2nc3ccccc3n2-c2ccc(-c3ccc(-c4ccc5c(c4)c4ccccc4c4cccc6ccc7cccc5c7c64)cc3)cc2)cc1. The summed E-state index contributed by atoms with van der Waals surface area (Å²) in [7, 11) is 0. The highest BCUT2D eigenvalue weighted by Crippen LogP contribution is 2.41. The molecule has 0 saturated carbocycles. The lowest BCUT2D eigenvalue weighted by Gasteiger charge is -2.14. The maximum absolute atomic E-state index is 5.02. The Balaban J connectivity index is 1.02. The van der Waals surface area contributed by atoms with Crippen molar-refractivity contribution >= 4 is 64.9 Å². The van der Waals surface area contributed by atoms with Crippen LogP contribution in [0.15, 0.2) is 194 Å². The largest absolute Gasteiger partial charge is 0.292 e. The van der Waals surface area contributed by atoms with E-state index in [0.29, 0.717) is 0 Å². The van der Waals surface area contributed by atoms with Crippen molar-refractivity contribution < 1.29 is 0 Å².